The first-order chi connectivity index (χ1) is 7.11. The average Bonchev–Trinajstić information content (AvgIpc) is 2.18. The molecule has 1 aromatic rings. The van der Waals surface area contributed by atoms with E-state index in [4.69, 9.17) is 4.74 Å². The number of ether oxygens (including phenoxy) is 1. The first-order valence-electron chi connectivity index (χ1n) is 4.44. The van der Waals surface area contributed by atoms with Crippen molar-refractivity contribution >= 4 is 15.9 Å². The van der Waals surface area contributed by atoms with Crippen LogP contribution in [0.1, 0.15) is 18.6 Å². The third-order valence-corrected chi connectivity index (χ3v) is 2.80. The van der Waals surface area contributed by atoms with E-state index in [1.165, 1.54) is 25.3 Å². The smallest absolute Gasteiger partial charge is 0.133 e. The molecule has 0 bridgehead atoms. The monoisotopic (exact) mass is 274 g/mol. The molecule has 1 N–H and O–H groups in total. The van der Waals surface area contributed by atoms with Crippen molar-refractivity contribution < 1.29 is 14.2 Å². The molecule has 0 aromatic heterocycles. The summed E-state index contributed by atoms with van der Waals surface area (Å²) in [7, 11) is 1.49. The molecule has 1 atom stereocenters. The molecule has 0 amide bonds. The van der Waals surface area contributed by atoms with Gasteiger partial charge in [-0.1, -0.05) is 12.2 Å². The topological polar surface area (TPSA) is 29.5 Å². The van der Waals surface area contributed by atoms with Crippen LogP contribution in [0, 0.1) is 5.82 Å². The first kappa shape index (κ1) is 12.2. The van der Waals surface area contributed by atoms with Gasteiger partial charge in [0.15, 0.2) is 0 Å². The Hall–Kier alpha value is -0.870. The van der Waals surface area contributed by atoms with E-state index >= 15 is 0 Å². The Balaban J connectivity index is 3.26. The molecule has 15 heavy (non-hydrogen) atoms. The fourth-order valence-electron chi connectivity index (χ4n) is 1.26. The lowest BCUT2D eigenvalue weighted by atomic mass is 10.1. The predicted octanol–water partition coefficient (Wildman–Crippen LogP) is 3.21. The molecule has 0 aliphatic heterocycles. The predicted molar refractivity (Wildman–Crippen MR) is 60.4 cm³/mol. The second-order valence-electron chi connectivity index (χ2n) is 2.95. The van der Waals surface area contributed by atoms with E-state index in [-0.39, 0.29) is 5.56 Å². The molecule has 0 spiro atoms. The second kappa shape index (κ2) is 5.28. The fraction of sp³-hybridized carbons (Fsp3) is 0.273. The average molecular weight is 275 g/mol. The number of benzene rings is 1. The van der Waals surface area contributed by atoms with Crippen molar-refractivity contribution in [1.82, 2.24) is 0 Å². The van der Waals surface area contributed by atoms with Crippen LogP contribution in [0.25, 0.3) is 0 Å². The van der Waals surface area contributed by atoms with Crippen LogP contribution < -0.4 is 4.74 Å². The zero-order valence-corrected chi connectivity index (χ0v) is 10.1. The van der Waals surface area contributed by atoms with Gasteiger partial charge in [0, 0.05) is 5.56 Å². The zero-order chi connectivity index (χ0) is 11.4. The van der Waals surface area contributed by atoms with Crippen LogP contribution >= 0.6 is 15.9 Å². The Morgan fingerprint density at radius 2 is 2.20 bits per heavy atom. The number of methoxy groups -OCH3 is 1. The minimum atomic E-state index is -0.973. The molecule has 0 saturated carbocycles. The van der Waals surface area contributed by atoms with Gasteiger partial charge in [-0.3, -0.25) is 0 Å². The highest BCUT2D eigenvalue weighted by Gasteiger charge is 2.17. The lowest BCUT2D eigenvalue weighted by Gasteiger charge is -2.12. The van der Waals surface area contributed by atoms with Crippen molar-refractivity contribution in [3.05, 3.63) is 40.1 Å². The van der Waals surface area contributed by atoms with Gasteiger partial charge in [-0.05, 0) is 35.0 Å². The maximum Gasteiger partial charge on any atom is 0.133 e. The second-order valence-corrected chi connectivity index (χ2v) is 3.74. The SMILES string of the molecule is C/C=C/C(O)c1c(F)ccc(OC)c1Br. The highest BCUT2D eigenvalue weighted by molar-refractivity contribution is 9.10. The van der Waals surface area contributed by atoms with Crippen molar-refractivity contribution in [2.75, 3.05) is 7.11 Å². The molecule has 1 unspecified atom stereocenters. The summed E-state index contributed by atoms with van der Waals surface area (Å²) in [4.78, 5) is 0. The summed E-state index contributed by atoms with van der Waals surface area (Å²) in [5.74, 6) is 0.0308. The number of hydrogen-bond donors (Lipinski definition) is 1. The molecular weight excluding hydrogens is 263 g/mol. The minimum absolute atomic E-state index is 0.187. The number of allylic oxidation sites excluding steroid dienone is 1. The molecule has 0 aliphatic rings. The zero-order valence-electron chi connectivity index (χ0n) is 8.50. The van der Waals surface area contributed by atoms with Gasteiger partial charge in [-0.2, -0.15) is 0 Å². The fourth-order valence-corrected chi connectivity index (χ4v) is 1.97. The Bertz CT molecular complexity index is 377. The summed E-state index contributed by atoms with van der Waals surface area (Å²) >= 11 is 3.20. The van der Waals surface area contributed by atoms with Gasteiger partial charge in [0.1, 0.15) is 17.7 Å². The van der Waals surface area contributed by atoms with Crippen molar-refractivity contribution in [3.8, 4) is 5.75 Å². The number of rotatable bonds is 3. The summed E-state index contributed by atoms with van der Waals surface area (Å²) in [5, 5.41) is 9.69. The van der Waals surface area contributed by atoms with E-state index in [1.54, 1.807) is 13.0 Å². The highest BCUT2D eigenvalue weighted by atomic mass is 79.9. The molecule has 0 aliphatic carbocycles. The third kappa shape index (κ3) is 2.58. The Labute approximate surface area is 96.5 Å². The van der Waals surface area contributed by atoms with E-state index in [2.05, 4.69) is 15.9 Å². The Kier molecular flexibility index (Phi) is 4.29. The quantitative estimate of drug-likeness (QED) is 0.858. The van der Waals surface area contributed by atoms with Crippen LogP contribution in [-0.2, 0) is 0 Å². The van der Waals surface area contributed by atoms with Crippen LogP contribution in [0.2, 0.25) is 0 Å². The van der Waals surface area contributed by atoms with Crippen LogP contribution in [0.4, 0.5) is 4.39 Å². The molecule has 82 valence electrons. The summed E-state index contributed by atoms with van der Waals surface area (Å²) < 4.78 is 18.9. The molecule has 4 heteroatoms. The maximum atomic E-state index is 13.5. The first-order valence-corrected chi connectivity index (χ1v) is 5.23. The van der Waals surface area contributed by atoms with Crippen LogP contribution in [0.15, 0.2) is 28.8 Å². The Morgan fingerprint density at radius 3 is 2.73 bits per heavy atom. The number of hydrogen-bond acceptors (Lipinski definition) is 2. The molecule has 0 heterocycles. The van der Waals surface area contributed by atoms with Gasteiger partial charge in [-0.15, -0.1) is 0 Å². The molecule has 2 nitrogen and oxygen atoms in total. The standard InChI is InChI=1S/C11H12BrFO2/c1-3-4-8(14)10-7(13)5-6-9(15-2)11(10)12/h3-6,8,14H,1-2H3/b4-3+. The van der Waals surface area contributed by atoms with Gasteiger partial charge in [0.25, 0.3) is 0 Å². The van der Waals surface area contributed by atoms with E-state index in [0.717, 1.165) is 0 Å². The van der Waals surface area contributed by atoms with Crippen LogP contribution in [0.3, 0.4) is 0 Å². The number of aliphatic hydroxyl groups excluding tert-OH is 1. The Morgan fingerprint density at radius 1 is 1.53 bits per heavy atom. The van der Waals surface area contributed by atoms with Gasteiger partial charge < -0.3 is 9.84 Å². The van der Waals surface area contributed by atoms with Gasteiger partial charge in [0.2, 0.25) is 0 Å². The molecule has 1 rings (SSSR count). The number of aliphatic hydroxyl groups is 1. The van der Waals surface area contributed by atoms with E-state index in [0.29, 0.717) is 10.2 Å². The van der Waals surface area contributed by atoms with Gasteiger partial charge in [-0.25, -0.2) is 4.39 Å². The molecular formula is C11H12BrFO2. The minimum Gasteiger partial charge on any atom is -0.496 e. The van der Waals surface area contributed by atoms with Gasteiger partial charge >= 0.3 is 0 Å². The largest absolute Gasteiger partial charge is 0.496 e. The highest BCUT2D eigenvalue weighted by Crippen LogP contribution is 2.34. The molecule has 0 saturated heterocycles. The van der Waals surface area contributed by atoms with Crippen molar-refractivity contribution in [1.29, 1.82) is 0 Å². The molecule has 0 radical (unpaired) electrons. The lowest BCUT2D eigenvalue weighted by Crippen LogP contribution is -2.00. The van der Waals surface area contributed by atoms with Crippen LogP contribution in [-0.4, -0.2) is 12.2 Å². The molecule has 1 aromatic carbocycles. The number of halogens is 2. The van der Waals surface area contributed by atoms with E-state index < -0.39 is 11.9 Å². The lowest BCUT2D eigenvalue weighted by molar-refractivity contribution is 0.221. The van der Waals surface area contributed by atoms with Crippen LogP contribution in [0.5, 0.6) is 5.75 Å². The normalized spacial score (nSPS) is 13.1. The summed E-state index contributed by atoms with van der Waals surface area (Å²) in [5.41, 5.74) is 0.187. The van der Waals surface area contributed by atoms with Crippen molar-refractivity contribution in [2.24, 2.45) is 0 Å². The van der Waals surface area contributed by atoms with Crippen molar-refractivity contribution in [2.45, 2.75) is 13.0 Å². The molecule has 0 fully saturated rings. The summed E-state index contributed by atoms with van der Waals surface area (Å²) in [6.07, 6.45) is 2.19. The third-order valence-electron chi connectivity index (χ3n) is 1.98. The summed E-state index contributed by atoms with van der Waals surface area (Å²) in [6, 6.07) is 2.77. The maximum absolute atomic E-state index is 13.5. The summed E-state index contributed by atoms with van der Waals surface area (Å²) in [6.45, 7) is 1.76. The van der Waals surface area contributed by atoms with Crippen molar-refractivity contribution in [3.63, 3.8) is 0 Å². The van der Waals surface area contributed by atoms with Gasteiger partial charge in [0.05, 0.1) is 11.6 Å². The van der Waals surface area contributed by atoms with E-state index in [1.807, 2.05) is 0 Å². The van der Waals surface area contributed by atoms with E-state index in [9.17, 15) is 9.50 Å².